The zero-order valence-electron chi connectivity index (χ0n) is 18.5. The predicted octanol–water partition coefficient (Wildman–Crippen LogP) is 4.80. The van der Waals surface area contributed by atoms with E-state index in [9.17, 15) is 14.4 Å². The molecule has 33 heavy (non-hydrogen) atoms. The van der Waals surface area contributed by atoms with E-state index in [0.717, 1.165) is 28.0 Å². The Labute approximate surface area is 192 Å². The first-order valence-corrected chi connectivity index (χ1v) is 10.7. The van der Waals surface area contributed by atoms with Gasteiger partial charge in [0.15, 0.2) is 0 Å². The van der Waals surface area contributed by atoms with Crippen molar-refractivity contribution in [3.05, 3.63) is 101 Å². The first kappa shape index (κ1) is 22.0. The largest absolute Gasteiger partial charge is 0.488 e. The molecule has 4 rings (SSSR count). The Morgan fingerprint density at radius 2 is 1.55 bits per heavy atom. The van der Waals surface area contributed by atoms with Crippen LogP contribution in [0.3, 0.4) is 0 Å². The molecule has 0 aliphatic carbocycles. The molecule has 1 aliphatic heterocycles. The van der Waals surface area contributed by atoms with Gasteiger partial charge in [0.25, 0.3) is 11.8 Å². The van der Waals surface area contributed by atoms with Crippen LogP contribution in [-0.4, -0.2) is 17.8 Å². The van der Waals surface area contributed by atoms with Gasteiger partial charge in [0.05, 0.1) is 5.69 Å². The zero-order valence-corrected chi connectivity index (χ0v) is 18.5. The van der Waals surface area contributed by atoms with E-state index in [1.54, 1.807) is 30.3 Å². The molecule has 3 aromatic carbocycles. The van der Waals surface area contributed by atoms with E-state index in [0.29, 0.717) is 23.6 Å². The summed E-state index contributed by atoms with van der Waals surface area (Å²) in [4.78, 5) is 39.1. The van der Waals surface area contributed by atoms with Gasteiger partial charge in [-0.3, -0.25) is 14.9 Å². The van der Waals surface area contributed by atoms with E-state index < -0.39 is 17.8 Å². The molecule has 1 aliphatic rings. The molecule has 0 saturated carbocycles. The fraction of sp³-hybridized carbons (Fsp3) is 0.148. The van der Waals surface area contributed by atoms with Gasteiger partial charge < -0.3 is 4.74 Å². The second-order valence-electron chi connectivity index (χ2n) is 7.79. The number of rotatable bonds is 6. The molecule has 0 aromatic heterocycles. The number of imide groups is 2. The molecule has 1 heterocycles. The Hall–Kier alpha value is -4.19. The lowest BCUT2D eigenvalue weighted by molar-refractivity contribution is -0.122. The quantitative estimate of drug-likeness (QED) is 0.441. The third-order valence-electron chi connectivity index (χ3n) is 5.44. The molecule has 4 amide bonds. The van der Waals surface area contributed by atoms with Crippen molar-refractivity contribution in [2.45, 2.75) is 26.9 Å². The minimum absolute atomic E-state index is 0.138. The van der Waals surface area contributed by atoms with Crippen molar-refractivity contribution in [3.8, 4) is 5.75 Å². The Balaban J connectivity index is 1.62. The summed E-state index contributed by atoms with van der Waals surface area (Å²) in [5, 5.41) is 2.26. The summed E-state index contributed by atoms with van der Waals surface area (Å²) >= 11 is 0. The van der Waals surface area contributed by atoms with Crippen LogP contribution in [-0.2, 0) is 22.6 Å². The van der Waals surface area contributed by atoms with Gasteiger partial charge in [-0.1, -0.05) is 67.1 Å². The Morgan fingerprint density at radius 1 is 0.879 bits per heavy atom. The molecule has 6 heteroatoms. The SMILES string of the molecule is CCc1ccc(N2C(=O)NC(=O)C(=Cc3ccccc3OCc3ccc(C)cc3)C2=O)cc1. The first-order chi connectivity index (χ1) is 16.0. The highest BCUT2D eigenvalue weighted by Crippen LogP contribution is 2.26. The average Bonchev–Trinajstić information content (AvgIpc) is 2.82. The molecule has 3 aromatic rings. The monoisotopic (exact) mass is 440 g/mol. The first-order valence-electron chi connectivity index (χ1n) is 10.7. The number of hydrogen-bond acceptors (Lipinski definition) is 4. The number of nitrogens with one attached hydrogen (secondary N) is 1. The van der Waals surface area contributed by atoms with Crippen LogP contribution in [0.25, 0.3) is 6.08 Å². The van der Waals surface area contributed by atoms with Crippen LogP contribution in [0.4, 0.5) is 10.5 Å². The summed E-state index contributed by atoms with van der Waals surface area (Å²) in [6, 6.07) is 21.5. The van der Waals surface area contributed by atoms with Crippen LogP contribution in [0.1, 0.15) is 29.2 Å². The molecule has 166 valence electrons. The lowest BCUT2D eigenvalue weighted by Gasteiger charge is -2.26. The third-order valence-corrected chi connectivity index (χ3v) is 5.44. The second-order valence-corrected chi connectivity index (χ2v) is 7.79. The van der Waals surface area contributed by atoms with Gasteiger partial charge in [0, 0.05) is 5.56 Å². The fourth-order valence-electron chi connectivity index (χ4n) is 3.50. The number of ether oxygens (including phenoxy) is 1. The highest BCUT2D eigenvalue weighted by atomic mass is 16.5. The van der Waals surface area contributed by atoms with Crippen molar-refractivity contribution in [1.29, 1.82) is 0 Å². The number of para-hydroxylation sites is 1. The molecular weight excluding hydrogens is 416 g/mol. The van der Waals surface area contributed by atoms with Gasteiger partial charge >= 0.3 is 6.03 Å². The molecule has 1 fully saturated rings. The van der Waals surface area contributed by atoms with Crippen molar-refractivity contribution in [2.24, 2.45) is 0 Å². The zero-order chi connectivity index (χ0) is 23.4. The van der Waals surface area contributed by atoms with Crippen molar-refractivity contribution < 1.29 is 19.1 Å². The molecule has 0 bridgehead atoms. The molecule has 0 radical (unpaired) electrons. The molecule has 0 atom stereocenters. The predicted molar refractivity (Wildman–Crippen MR) is 127 cm³/mol. The number of benzene rings is 3. The van der Waals surface area contributed by atoms with E-state index in [1.807, 2.05) is 56.3 Å². The highest BCUT2D eigenvalue weighted by molar-refractivity contribution is 6.39. The van der Waals surface area contributed by atoms with Crippen LogP contribution < -0.4 is 15.0 Å². The molecule has 6 nitrogen and oxygen atoms in total. The number of aryl methyl sites for hydroxylation is 2. The molecule has 1 N–H and O–H groups in total. The maximum Gasteiger partial charge on any atom is 0.335 e. The van der Waals surface area contributed by atoms with Crippen molar-refractivity contribution >= 4 is 29.6 Å². The Morgan fingerprint density at radius 3 is 2.24 bits per heavy atom. The van der Waals surface area contributed by atoms with E-state index in [2.05, 4.69) is 5.32 Å². The van der Waals surface area contributed by atoms with Gasteiger partial charge in [0.1, 0.15) is 17.9 Å². The maximum absolute atomic E-state index is 13.2. The minimum atomic E-state index is -0.768. The lowest BCUT2D eigenvalue weighted by Crippen LogP contribution is -2.54. The van der Waals surface area contributed by atoms with Gasteiger partial charge in [-0.05, 0) is 48.7 Å². The Bertz CT molecular complexity index is 1230. The fourth-order valence-corrected chi connectivity index (χ4v) is 3.50. The summed E-state index contributed by atoms with van der Waals surface area (Å²) in [5.41, 5.74) is 4.07. The minimum Gasteiger partial charge on any atom is -0.488 e. The van der Waals surface area contributed by atoms with E-state index in [4.69, 9.17) is 4.74 Å². The highest BCUT2D eigenvalue weighted by Gasteiger charge is 2.36. The smallest absolute Gasteiger partial charge is 0.335 e. The molecular formula is C27H24N2O4. The van der Waals surface area contributed by atoms with E-state index >= 15 is 0 Å². The van der Waals surface area contributed by atoms with E-state index in [-0.39, 0.29) is 5.57 Å². The number of nitrogens with zero attached hydrogens (tertiary/aromatic N) is 1. The maximum atomic E-state index is 13.2. The number of urea groups is 1. The normalized spacial score (nSPS) is 15.0. The van der Waals surface area contributed by atoms with Crippen molar-refractivity contribution in [3.63, 3.8) is 0 Å². The number of amides is 4. The summed E-state index contributed by atoms with van der Waals surface area (Å²) in [7, 11) is 0. The topological polar surface area (TPSA) is 75.7 Å². The van der Waals surface area contributed by atoms with Crippen LogP contribution in [0.5, 0.6) is 5.75 Å². The standard InChI is InChI=1S/C27H24N2O4/c1-3-19-12-14-22(15-13-19)29-26(31)23(25(30)28-27(29)32)16-21-6-4-5-7-24(21)33-17-20-10-8-18(2)9-11-20/h4-16H,3,17H2,1-2H3,(H,28,30,32). The van der Waals surface area contributed by atoms with Crippen molar-refractivity contribution in [2.75, 3.05) is 4.90 Å². The number of barbiturate groups is 1. The van der Waals surface area contributed by atoms with Crippen LogP contribution in [0.15, 0.2) is 78.4 Å². The molecule has 1 saturated heterocycles. The number of anilines is 1. The number of carbonyl (C=O) groups is 3. The van der Waals surface area contributed by atoms with Crippen LogP contribution in [0.2, 0.25) is 0 Å². The van der Waals surface area contributed by atoms with E-state index in [1.165, 1.54) is 6.08 Å². The summed E-state index contributed by atoms with van der Waals surface area (Å²) in [6.07, 6.45) is 2.30. The average molecular weight is 440 g/mol. The third kappa shape index (κ3) is 4.85. The van der Waals surface area contributed by atoms with Gasteiger partial charge in [-0.25, -0.2) is 9.69 Å². The van der Waals surface area contributed by atoms with Gasteiger partial charge in [0.2, 0.25) is 0 Å². The van der Waals surface area contributed by atoms with Crippen molar-refractivity contribution in [1.82, 2.24) is 5.32 Å². The second kappa shape index (κ2) is 9.53. The number of hydrogen-bond donors (Lipinski definition) is 1. The summed E-state index contributed by atoms with van der Waals surface area (Å²) in [6.45, 7) is 4.38. The lowest BCUT2D eigenvalue weighted by atomic mass is 10.1. The van der Waals surface area contributed by atoms with Gasteiger partial charge in [-0.2, -0.15) is 0 Å². The van der Waals surface area contributed by atoms with Gasteiger partial charge in [-0.15, -0.1) is 0 Å². The number of carbonyl (C=O) groups excluding carboxylic acids is 3. The molecule has 0 unspecified atom stereocenters. The molecule has 0 spiro atoms. The Kier molecular flexibility index (Phi) is 6.36. The summed E-state index contributed by atoms with van der Waals surface area (Å²) in [5.74, 6) is -0.886. The van der Waals surface area contributed by atoms with Crippen LogP contribution in [0, 0.1) is 6.92 Å². The summed E-state index contributed by atoms with van der Waals surface area (Å²) < 4.78 is 5.97. The van der Waals surface area contributed by atoms with Crippen LogP contribution >= 0.6 is 0 Å².